The van der Waals surface area contributed by atoms with Crippen LogP contribution in [0.15, 0.2) is 54.7 Å². The molecule has 0 unspecified atom stereocenters. The van der Waals surface area contributed by atoms with Crippen LogP contribution in [0, 0.1) is 11.3 Å². The molecule has 0 aliphatic carbocycles. The van der Waals surface area contributed by atoms with Crippen molar-refractivity contribution in [1.82, 2.24) is 9.97 Å². The minimum atomic E-state index is 0.640. The Morgan fingerprint density at radius 3 is 2.76 bits per heavy atom. The predicted molar refractivity (Wildman–Crippen MR) is 82.9 cm³/mol. The maximum atomic E-state index is 9.25. The molecule has 0 bridgehead atoms. The molecule has 2 heterocycles. The summed E-state index contributed by atoms with van der Waals surface area (Å²) in [7, 11) is 0. The molecule has 0 aliphatic heterocycles. The van der Waals surface area contributed by atoms with Crippen molar-refractivity contribution in [3.8, 4) is 6.07 Å². The summed E-state index contributed by atoms with van der Waals surface area (Å²) in [5, 5.41) is 13.4. The standard InChI is InChI=1S/C17H14N4/c18-12-13-11-17(21-16-7-2-1-6-15(13)16)20-10-8-14-5-3-4-9-19-14/h1-7,9,11H,8,10H2,(H,20,21). The first kappa shape index (κ1) is 13.1. The topological polar surface area (TPSA) is 61.6 Å². The summed E-state index contributed by atoms with van der Waals surface area (Å²) in [4.78, 5) is 8.81. The highest BCUT2D eigenvalue weighted by Gasteiger charge is 2.04. The molecule has 0 fully saturated rings. The van der Waals surface area contributed by atoms with E-state index in [1.165, 1.54) is 0 Å². The summed E-state index contributed by atoms with van der Waals surface area (Å²) in [6.45, 7) is 0.729. The van der Waals surface area contributed by atoms with Crippen LogP contribution in [0.2, 0.25) is 0 Å². The number of benzene rings is 1. The molecular weight excluding hydrogens is 260 g/mol. The van der Waals surface area contributed by atoms with Gasteiger partial charge in [-0.2, -0.15) is 5.26 Å². The molecule has 4 nitrogen and oxygen atoms in total. The molecule has 0 saturated carbocycles. The van der Waals surface area contributed by atoms with E-state index in [0.717, 1.165) is 35.4 Å². The maximum Gasteiger partial charge on any atom is 0.127 e. The van der Waals surface area contributed by atoms with Gasteiger partial charge < -0.3 is 5.32 Å². The summed E-state index contributed by atoms with van der Waals surface area (Å²) in [5.41, 5.74) is 2.50. The van der Waals surface area contributed by atoms with Gasteiger partial charge in [0.1, 0.15) is 5.82 Å². The summed E-state index contributed by atoms with van der Waals surface area (Å²) in [5.74, 6) is 0.723. The molecule has 0 atom stereocenters. The van der Waals surface area contributed by atoms with Crippen molar-refractivity contribution in [2.24, 2.45) is 0 Å². The fourth-order valence-corrected chi connectivity index (χ4v) is 2.22. The molecule has 1 N–H and O–H groups in total. The van der Waals surface area contributed by atoms with Gasteiger partial charge in [-0.25, -0.2) is 4.98 Å². The Morgan fingerprint density at radius 1 is 1.10 bits per heavy atom. The number of pyridine rings is 2. The molecule has 0 aliphatic rings. The highest BCUT2D eigenvalue weighted by atomic mass is 15.0. The number of aromatic nitrogens is 2. The Labute approximate surface area is 123 Å². The first-order valence-electron chi connectivity index (χ1n) is 6.80. The predicted octanol–water partition coefficient (Wildman–Crippen LogP) is 3.16. The monoisotopic (exact) mass is 274 g/mol. The van der Waals surface area contributed by atoms with Crippen LogP contribution >= 0.6 is 0 Å². The molecule has 102 valence electrons. The van der Waals surface area contributed by atoms with E-state index in [4.69, 9.17) is 0 Å². The number of hydrogen-bond acceptors (Lipinski definition) is 4. The van der Waals surface area contributed by atoms with Crippen molar-refractivity contribution in [2.45, 2.75) is 6.42 Å². The van der Waals surface area contributed by atoms with Gasteiger partial charge in [-0.1, -0.05) is 24.3 Å². The van der Waals surface area contributed by atoms with Crippen molar-refractivity contribution in [2.75, 3.05) is 11.9 Å². The van der Waals surface area contributed by atoms with Gasteiger partial charge in [-0.05, 0) is 24.3 Å². The molecule has 2 aromatic heterocycles. The highest BCUT2D eigenvalue weighted by Crippen LogP contribution is 2.19. The van der Waals surface area contributed by atoms with Crippen LogP contribution in [-0.4, -0.2) is 16.5 Å². The van der Waals surface area contributed by atoms with Crippen LogP contribution in [0.4, 0.5) is 5.82 Å². The Bertz CT molecular complexity index is 791. The quantitative estimate of drug-likeness (QED) is 0.793. The lowest BCUT2D eigenvalue weighted by atomic mass is 10.1. The van der Waals surface area contributed by atoms with Crippen LogP contribution in [0.25, 0.3) is 10.9 Å². The minimum Gasteiger partial charge on any atom is -0.370 e. The molecule has 0 radical (unpaired) electrons. The number of nitriles is 1. The van der Waals surface area contributed by atoms with Crippen molar-refractivity contribution in [3.05, 3.63) is 66.0 Å². The van der Waals surface area contributed by atoms with E-state index >= 15 is 0 Å². The average Bonchev–Trinajstić information content (AvgIpc) is 2.55. The second kappa shape index (κ2) is 6.02. The molecule has 0 amide bonds. The largest absolute Gasteiger partial charge is 0.370 e. The Hall–Kier alpha value is -2.93. The van der Waals surface area contributed by atoms with Gasteiger partial charge >= 0.3 is 0 Å². The summed E-state index contributed by atoms with van der Waals surface area (Å²) in [6, 6.07) is 17.6. The molecule has 0 spiro atoms. The molecular formula is C17H14N4. The SMILES string of the molecule is N#Cc1cc(NCCc2ccccn2)nc2ccccc12. The van der Waals surface area contributed by atoms with Crippen LogP contribution < -0.4 is 5.32 Å². The summed E-state index contributed by atoms with van der Waals surface area (Å²) >= 11 is 0. The maximum absolute atomic E-state index is 9.25. The van der Waals surface area contributed by atoms with Gasteiger partial charge in [0.15, 0.2) is 0 Å². The fraction of sp³-hybridized carbons (Fsp3) is 0.118. The van der Waals surface area contributed by atoms with Crippen molar-refractivity contribution in [3.63, 3.8) is 0 Å². The molecule has 4 heteroatoms. The van der Waals surface area contributed by atoms with Crippen LogP contribution in [0.1, 0.15) is 11.3 Å². The lowest BCUT2D eigenvalue weighted by Gasteiger charge is -2.07. The number of nitrogens with zero attached hydrogens (tertiary/aromatic N) is 3. The van der Waals surface area contributed by atoms with E-state index < -0.39 is 0 Å². The highest BCUT2D eigenvalue weighted by molar-refractivity contribution is 5.86. The number of nitrogens with one attached hydrogen (secondary N) is 1. The first-order chi connectivity index (χ1) is 10.4. The second-order valence-corrected chi connectivity index (χ2v) is 4.68. The minimum absolute atomic E-state index is 0.640. The second-order valence-electron chi connectivity index (χ2n) is 4.68. The molecule has 21 heavy (non-hydrogen) atoms. The number of fused-ring (bicyclic) bond motifs is 1. The molecule has 0 saturated heterocycles. The fourth-order valence-electron chi connectivity index (χ4n) is 2.22. The third kappa shape index (κ3) is 2.98. The van der Waals surface area contributed by atoms with E-state index in [1.807, 2.05) is 42.5 Å². The number of para-hydroxylation sites is 1. The normalized spacial score (nSPS) is 10.2. The van der Waals surface area contributed by atoms with Gasteiger partial charge in [0.2, 0.25) is 0 Å². The van der Waals surface area contributed by atoms with Crippen molar-refractivity contribution < 1.29 is 0 Å². The molecule has 1 aromatic carbocycles. The third-order valence-corrected chi connectivity index (χ3v) is 3.25. The third-order valence-electron chi connectivity index (χ3n) is 3.25. The number of rotatable bonds is 4. The van der Waals surface area contributed by atoms with E-state index in [1.54, 1.807) is 12.3 Å². The smallest absolute Gasteiger partial charge is 0.127 e. The number of anilines is 1. The van der Waals surface area contributed by atoms with Crippen LogP contribution in [-0.2, 0) is 6.42 Å². The van der Waals surface area contributed by atoms with Gasteiger partial charge in [-0.15, -0.1) is 0 Å². The molecule has 3 rings (SSSR count). The van der Waals surface area contributed by atoms with Crippen LogP contribution in [0.3, 0.4) is 0 Å². The summed E-state index contributed by atoms with van der Waals surface area (Å²) in [6.07, 6.45) is 2.61. The van der Waals surface area contributed by atoms with Crippen LogP contribution in [0.5, 0.6) is 0 Å². The zero-order valence-electron chi connectivity index (χ0n) is 11.5. The Balaban J connectivity index is 1.77. The van der Waals surface area contributed by atoms with E-state index in [9.17, 15) is 5.26 Å². The Morgan fingerprint density at radius 2 is 1.95 bits per heavy atom. The van der Waals surface area contributed by atoms with E-state index in [0.29, 0.717) is 5.56 Å². The zero-order valence-corrected chi connectivity index (χ0v) is 11.5. The Kier molecular flexibility index (Phi) is 3.74. The number of hydrogen-bond donors (Lipinski definition) is 1. The van der Waals surface area contributed by atoms with Gasteiger partial charge in [0.05, 0.1) is 17.1 Å². The van der Waals surface area contributed by atoms with Gasteiger partial charge in [-0.3, -0.25) is 4.98 Å². The summed E-state index contributed by atoms with van der Waals surface area (Å²) < 4.78 is 0. The van der Waals surface area contributed by atoms with Gasteiger partial charge in [0.25, 0.3) is 0 Å². The van der Waals surface area contributed by atoms with Gasteiger partial charge in [0, 0.05) is 30.2 Å². The van der Waals surface area contributed by atoms with Crippen molar-refractivity contribution in [1.29, 1.82) is 5.26 Å². The average molecular weight is 274 g/mol. The van der Waals surface area contributed by atoms with E-state index in [-0.39, 0.29) is 0 Å². The zero-order chi connectivity index (χ0) is 14.5. The lowest BCUT2D eigenvalue weighted by molar-refractivity contribution is 0.955. The van der Waals surface area contributed by atoms with Crippen molar-refractivity contribution >= 4 is 16.7 Å². The molecule has 3 aromatic rings. The lowest BCUT2D eigenvalue weighted by Crippen LogP contribution is -2.07. The van der Waals surface area contributed by atoms with E-state index in [2.05, 4.69) is 21.4 Å². The first-order valence-corrected chi connectivity index (χ1v) is 6.80.